The fourth-order valence-electron chi connectivity index (χ4n) is 3.55. The number of nitro groups is 1. The maximum atomic E-state index is 12.2. The van der Waals surface area contributed by atoms with Crippen LogP contribution in [-0.2, 0) is 14.2 Å². The molecule has 166 valence electrons. The minimum absolute atomic E-state index is 0.0429. The van der Waals surface area contributed by atoms with Crippen molar-refractivity contribution in [3.8, 4) is 0 Å². The highest BCUT2D eigenvalue weighted by Crippen LogP contribution is 2.36. The highest BCUT2D eigenvalue weighted by atomic mass is 127. The number of carbonyl (C=O) groups excluding carboxylic acids is 1. The molecule has 0 radical (unpaired) electrons. The van der Waals surface area contributed by atoms with E-state index < -0.39 is 16.6 Å². The number of carbonyl (C=O) groups is 1. The molecule has 2 aliphatic heterocycles. The third-order valence-electron chi connectivity index (χ3n) is 4.87. The topological polar surface area (TPSA) is 103 Å². The molecule has 0 bridgehead atoms. The van der Waals surface area contributed by atoms with Crippen molar-refractivity contribution in [2.45, 2.75) is 64.4 Å². The van der Waals surface area contributed by atoms with E-state index in [1.807, 2.05) is 0 Å². The van der Waals surface area contributed by atoms with E-state index >= 15 is 0 Å². The number of hydrogen-bond donors (Lipinski definition) is 1. The zero-order valence-corrected chi connectivity index (χ0v) is 19.6. The smallest absolute Gasteiger partial charge is 0.412 e. The Hall–Kier alpha value is -1.66. The average Bonchev–Trinajstić information content (AvgIpc) is 3.10. The first-order chi connectivity index (χ1) is 14.1. The van der Waals surface area contributed by atoms with Crippen LogP contribution in [0.25, 0.3) is 0 Å². The van der Waals surface area contributed by atoms with E-state index in [0.29, 0.717) is 6.54 Å². The fourth-order valence-corrected chi connectivity index (χ4v) is 4.34. The molecule has 0 aromatic heterocycles. The van der Waals surface area contributed by atoms with Crippen LogP contribution in [0.5, 0.6) is 0 Å². The van der Waals surface area contributed by atoms with Gasteiger partial charge in [0.1, 0.15) is 11.3 Å². The second-order valence-corrected chi connectivity index (χ2v) is 9.66. The lowest BCUT2D eigenvalue weighted by molar-refractivity contribution is -0.384. The van der Waals surface area contributed by atoms with Gasteiger partial charge in [-0.3, -0.25) is 15.4 Å². The summed E-state index contributed by atoms with van der Waals surface area (Å²) in [4.78, 5) is 25.3. The van der Waals surface area contributed by atoms with Crippen molar-refractivity contribution in [2.75, 3.05) is 29.9 Å². The van der Waals surface area contributed by atoms with E-state index in [9.17, 15) is 14.9 Å². The monoisotopic (exact) mass is 533 g/mol. The van der Waals surface area contributed by atoms with E-state index in [1.54, 1.807) is 26.8 Å². The van der Waals surface area contributed by atoms with Gasteiger partial charge in [0.2, 0.25) is 0 Å². The third-order valence-corrected chi connectivity index (χ3v) is 5.73. The minimum Gasteiger partial charge on any atom is -0.444 e. The predicted molar refractivity (Wildman–Crippen MR) is 121 cm³/mol. The van der Waals surface area contributed by atoms with Crippen molar-refractivity contribution in [2.24, 2.45) is 0 Å². The van der Waals surface area contributed by atoms with Crippen LogP contribution in [0.15, 0.2) is 12.1 Å². The van der Waals surface area contributed by atoms with Gasteiger partial charge in [0, 0.05) is 29.3 Å². The largest absolute Gasteiger partial charge is 0.444 e. The second-order valence-electron chi connectivity index (χ2n) is 8.49. The quantitative estimate of drug-likeness (QED) is 0.334. The van der Waals surface area contributed by atoms with Gasteiger partial charge in [0.25, 0.3) is 5.69 Å². The Balaban J connectivity index is 1.74. The van der Waals surface area contributed by atoms with Crippen molar-refractivity contribution < 1.29 is 23.9 Å². The Bertz CT molecular complexity index is 791. The molecule has 1 unspecified atom stereocenters. The molecule has 2 fully saturated rings. The SMILES string of the molecule is CC(C)(C)OC(=O)Nc1cc(N2CCC(O[C@@H]3CCCCO3)C2)c(I)cc1[N+](=O)[O-]. The van der Waals surface area contributed by atoms with Gasteiger partial charge < -0.3 is 19.1 Å². The summed E-state index contributed by atoms with van der Waals surface area (Å²) in [5.41, 5.74) is 0.0650. The Morgan fingerprint density at radius 2 is 2.10 bits per heavy atom. The first-order valence-corrected chi connectivity index (χ1v) is 11.2. The van der Waals surface area contributed by atoms with Crippen molar-refractivity contribution >= 4 is 45.7 Å². The van der Waals surface area contributed by atoms with Crippen molar-refractivity contribution in [3.63, 3.8) is 0 Å². The third kappa shape index (κ3) is 6.17. The summed E-state index contributed by atoms with van der Waals surface area (Å²) in [7, 11) is 0. The number of rotatable bonds is 5. The number of anilines is 2. The molecule has 10 heteroatoms. The highest BCUT2D eigenvalue weighted by Gasteiger charge is 2.30. The second kappa shape index (κ2) is 9.65. The summed E-state index contributed by atoms with van der Waals surface area (Å²) in [6.07, 6.45) is 3.11. The summed E-state index contributed by atoms with van der Waals surface area (Å²) in [5.74, 6) is 0. The van der Waals surface area contributed by atoms with Crippen molar-refractivity contribution in [3.05, 3.63) is 25.8 Å². The zero-order chi connectivity index (χ0) is 21.9. The summed E-state index contributed by atoms with van der Waals surface area (Å²) >= 11 is 2.09. The van der Waals surface area contributed by atoms with Crippen molar-refractivity contribution in [1.82, 2.24) is 0 Å². The van der Waals surface area contributed by atoms with Crippen LogP contribution in [0.1, 0.15) is 46.5 Å². The number of hydrogen-bond acceptors (Lipinski definition) is 7. The van der Waals surface area contributed by atoms with Crippen LogP contribution in [0.2, 0.25) is 0 Å². The normalized spacial score (nSPS) is 22.1. The van der Waals surface area contributed by atoms with E-state index in [2.05, 4.69) is 32.8 Å². The van der Waals surface area contributed by atoms with Gasteiger partial charge in [-0.15, -0.1) is 0 Å². The molecule has 1 amide bonds. The number of nitro benzene ring substituents is 1. The Morgan fingerprint density at radius 1 is 1.33 bits per heavy atom. The summed E-state index contributed by atoms with van der Waals surface area (Å²) in [5, 5.41) is 14.0. The molecule has 1 N–H and O–H groups in total. The summed E-state index contributed by atoms with van der Waals surface area (Å²) in [6, 6.07) is 3.12. The van der Waals surface area contributed by atoms with E-state index in [4.69, 9.17) is 14.2 Å². The maximum absolute atomic E-state index is 12.2. The van der Waals surface area contributed by atoms with Crippen LogP contribution < -0.4 is 10.2 Å². The number of amides is 1. The van der Waals surface area contributed by atoms with Gasteiger partial charge in [-0.1, -0.05) is 0 Å². The lowest BCUT2D eigenvalue weighted by atomic mass is 10.2. The van der Waals surface area contributed by atoms with Gasteiger partial charge in [-0.25, -0.2) is 4.79 Å². The lowest BCUT2D eigenvalue weighted by Crippen LogP contribution is -2.30. The molecule has 2 saturated heterocycles. The fraction of sp³-hybridized carbons (Fsp3) is 0.650. The molecule has 0 aliphatic carbocycles. The highest BCUT2D eigenvalue weighted by molar-refractivity contribution is 14.1. The number of benzene rings is 1. The van der Waals surface area contributed by atoms with Gasteiger partial charge in [-0.05, 0) is 75.1 Å². The van der Waals surface area contributed by atoms with Crippen LogP contribution in [0.4, 0.5) is 21.9 Å². The summed E-state index contributed by atoms with van der Waals surface area (Å²) < 4.78 is 17.8. The van der Waals surface area contributed by atoms with E-state index in [1.165, 1.54) is 6.07 Å². The van der Waals surface area contributed by atoms with Crippen LogP contribution >= 0.6 is 22.6 Å². The molecule has 9 nitrogen and oxygen atoms in total. The summed E-state index contributed by atoms with van der Waals surface area (Å²) in [6.45, 7) is 7.37. The lowest BCUT2D eigenvalue weighted by Gasteiger charge is -2.26. The maximum Gasteiger partial charge on any atom is 0.412 e. The first kappa shape index (κ1) is 23.0. The molecular formula is C20H28IN3O6. The van der Waals surface area contributed by atoms with Gasteiger partial charge >= 0.3 is 6.09 Å². The van der Waals surface area contributed by atoms with Crippen LogP contribution in [-0.4, -0.2) is 48.7 Å². The predicted octanol–water partition coefficient (Wildman–Crippen LogP) is 4.67. The first-order valence-electron chi connectivity index (χ1n) is 10.1. The Kier molecular flexibility index (Phi) is 7.40. The van der Waals surface area contributed by atoms with Gasteiger partial charge in [-0.2, -0.15) is 0 Å². The molecule has 1 aromatic carbocycles. The Labute approximate surface area is 189 Å². The molecule has 1 aromatic rings. The van der Waals surface area contributed by atoms with Gasteiger partial charge in [0.05, 0.1) is 16.7 Å². The average molecular weight is 533 g/mol. The van der Waals surface area contributed by atoms with Crippen LogP contribution in [0.3, 0.4) is 0 Å². The molecule has 2 atom stereocenters. The zero-order valence-electron chi connectivity index (χ0n) is 17.5. The number of ether oxygens (including phenoxy) is 3. The van der Waals surface area contributed by atoms with Gasteiger partial charge in [0.15, 0.2) is 6.29 Å². The molecule has 30 heavy (non-hydrogen) atoms. The number of halogens is 1. The molecule has 0 spiro atoms. The van der Waals surface area contributed by atoms with Crippen molar-refractivity contribution in [1.29, 1.82) is 0 Å². The number of nitrogens with zero attached hydrogens (tertiary/aromatic N) is 2. The van der Waals surface area contributed by atoms with E-state index in [0.717, 1.165) is 48.1 Å². The molecule has 3 rings (SSSR count). The minimum atomic E-state index is -0.727. The van der Waals surface area contributed by atoms with E-state index in [-0.39, 0.29) is 23.8 Å². The molecule has 2 aliphatic rings. The molecule has 2 heterocycles. The number of nitrogens with one attached hydrogen (secondary N) is 1. The molecular weight excluding hydrogens is 505 g/mol. The standard InChI is InChI=1S/C20H28IN3O6/c1-20(2,3)30-19(25)22-15-11-16(14(21)10-17(15)24(26)27)23-8-7-13(12-23)29-18-6-4-5-9-28-18/h10-11,13,18H,4-9,12H2,1-3H3,(H,22,25)/t13?,18-/m1/s1. The molecule has 0 saturated carbocycles. The Morgan fingerprint density at radius 3 is 2.73 bits per heavy atom. The van der Waals surface area contributed by atoms with Crippen LogP contribution in [0, 0.1) is 13.7 Å².